The largest absolute Gasteiger partial charge is 0.416 e. The molecular weight excluding hydrogens is 227 g/mol. The fourth-order valence-electron chi connectivity index (χ4n) is 1.66. The Morgan fingerprint density at radius 3 is 2.53 bits per heavy atom. The summed E-state index contributed by atoms with van der Waals surface area (Å²) in [5.74, 6) is 0. The highest BCUT2D eigenvalue weighted by Crippen LogP contribution is 2.32. The van der Waals surface area contributed by atoms with Crippen molar-refractivity contribution in [2.24, 2.45) is 0 Å². The van der Waals surface area contributed by atoms with E-state index in [4.69, 9.17) is 0 Å². The second-order valence-electron chi connectivity index (χ2n) is 3.77. The van der Waals surface area contributed by atoms with Crippen LogP contribution in [0.25, 0.3) is 11.1 Å². The third kappa shape index (κ3) is 2.46. The molecule has 0 saturated heterocycles. The van der Waals surface area contributed by atoms with Crippen molar-refractivity contribution in [1.82, 2.24) is 4.98 Å². The Hall–Kier alpha value is -1.84. The van der Waals surface area contributed by atoms with Crippen molar-refractivity contribution in [1.29, 1.82) is 0 Å². The Kier molecular flexibility index (Phi) is 2.88. The number of aromatic nitrogens is 1. The molecule has 0 aliphatic rings. The molecule has 1 aromatic heterocycles. The lowest BCUT2D eigenvalue weighted by atomic mass is 10.0. The van der Waals surface area contributed by atoms with Crippen molar-refractivity contribution in [3.05, 3.63) is 53.9 Å². The van der Waals surface area contributed by atoms with Gasteiger partial charge in [0, 0.05) is 12.4 Å². The van der Waals surface area contributed by atoms with Gasteiger partial charge in [-0.3, -0.25) is 4.98 Å². The van der Waals surface area contributed by atoms with Crippen LogP contribution < -0.4 is 0 Å². The van der Waals surface area contributed by atoms with E-state index >= 15 is 0 Å². The molecule has 2 aromatic rings. The zero-order valence-electron chi connectivity index (χ0n) is 9.12. The number of aryl methyl sites for hydroxylation is 1. The van der Waals surface area contributed by atoms with Crippen LogP contribution in [0.1, 0.15) is 11.1 Å². The monoisotopic (exact) mass is 237 g/mol. The molecule has 1 aromatic carbocycles. The molecule has 0 radical (unpaired) electrons. The first-order valence-electron chi connectivity index (χ1n) is 5.07. The molecular formula is C13H10F3N. The number of halogens is 3. The van der Waals surface area contributed by atoms with Crippen LogP contribution in [-0.2, 0) is 6.18 Å². The van der Waals surface area contributed by atoms with Gasteiger partial charge in [-0.1, -0.05) is 12.1 Å². The predicted octanol–water partition coefficient (Wildman–Crippen LogP) is 4.08. The lowest BCUT2D eigenvalue weighted by molar-refractivity contribution is -0.137. The molecule has 0 amide bonds. The van der Waals surface area contributed by atoms with Crippen LogP contribution in [-0.4, -0.2) is 4.98 Å². The fraction of sp³-hybridized carbons (Fsp3) is 0.154. The maximum Gasteiger partial charge on any atom is 0.416 e. The first-order chi connectivity index (χ1) is 7.98. The molecule has 4 heteroatoms. The van der Waals surface area contributed by atoms with Gasteiger partial charge in [-0.05, 0) is 41.8 Å². The van der Waals surface area contributed by atoms with Crippen molar-refractivity contribution >= 4 is 0 Å². The minimum absolute atomic E-state index is 0.555. The minimum atomic E-state index is -4.31. The van der Waals surface area contributed by atoms with E-state index in [2.05, 4.69) is 4.98 Å². The molecule has 0 aliphatic carbocycles. The van der Waals surface area contributed by atoms with E-state index in [9.17, 15) is 13.2 Å². The Morgan fingerprint density at radius 1 is 1.12 bits per heavy atom. The van der Waals surface area contributed by atoms with Crippen molar-refractivity contribution in [2.75, 3.05) is 0 Å². The molecule has 1 heterocycles. The Bertz CT molecular complexity index is 532. The molecule has 0 saturated carbocycles. The van der Waals surface area contributed by atoms with E-state index in [1.807, 2.05) is 6.92 Å². The number of alkyl halides is 3. The van der Waals surface area contributed by atoms with Crippen LogP contribution in [0, 0.1) is 6.92 Å². The highest BCUT2D eigenvalue weighted by molar-refractivity contribution is 5.67. The van der Waals surface area contributed by atoms with Gasteiger partial charge in [0.1, 0.15) is 0 Å². The van der Waals surface area contributed by atoms with Gasteiger partial charge in [-0.15, -0.1) is 0 Å². The number of hydrogen-bond acceptors (Lipinski definition) is 1. The van der Waals surface area contributed by atoms with Crippen molar-refractivity contribution in [3.63, 3.8) is 0 Å². The third-order valence-electron chi connectivity index (χ3n) is 2.52. The van der Waals surface area contributed by atoms with Crippen LogP contribution in [0.5, 0.6) is 0 Å². The minimum Gasteiger partial charge on any atom is -0.264 e. The number of rotatable bonds is 1. The smallest absolute Gasteiger partial charge is 0.264 e. The Morgan fingerprint density at radius 2 is 1.88 bits per heavy atom. The van der Waals surface area contributed by atoms with E-state index < -0.39 is 11.7 Å². The van der Waals surface area contributed by atoms with Gasteiger partial charge in [-0.2, -0.15) is 13.2 Å². The summed E-state index contributed by atoms with van der Waals surface area (Å²) < 4.78 is 37.7. The molecule has 1 nitrogen and oxygen atoms in total. The quantitative estimate of drug-likeness (QED) is 0.728. The average Bonchev–Trinajstić information content (AvgIpc) is 2.29. The van der Waals surface area contributed by atoms with Gasteiger partial charge in [0.15, 0.2) is 0 Å². The predicted molar refractivity (Wildman–Crippen MR) is 59.4 cm³/mol. The summed E-state index contributed by atoms with van der Waals surface area (Å²) in [7, 11) is 0. The van der Waals surface area contributed by atoms with Crippen LogP contribution in [0.2, 0.25) is 0 Å². The first-order valence-corrected chi connectivity index (χ1v) is 5.07. The summed E-state index contributed by atoms with van der Waals surface area (Å²) >= 11 is 0. The summed E-state index contributed by atoms with van der Waals surface area (Å²) in [4.78, 5) is 3.92. The Labute approximate surface area is 96.9 Å². The lowest BCUT2D eigenvalue weighted by Crippen LogP contribution is -2.04. The summed E-state index contributed by atoms with van der Waals surface area (Å²) in [5, 5.41) is 0. The second-order valence-corrected chi connectivity index (χ2v) is 3.77. The maximum absolute atomic E-state index is 12.6. The zero-order valence-corrected chi connectivity index (χ0v) is 9.12. The summed E-state index contributed by atoms with van der Waals surface area (Å²) in [6.07, 6.45) is -1.10. The highest BCUT2D eigenvalue weighted by Gasteiger charge is 2.30. The first kappa shape index (κ1) is 11.6. The Balaban J connectivity index is 2.51. The molecule has 0 atom stereocenters. The van der Waals surface area contributed by atoms with E-state index in [1.54, 1.807) is 24.5 Å². The molecule has 0 fully saturated rings. The SMILES string of the molecule is Cc1cnccc1-c1cccc(C(F)(F)F)c1. The van der Waals surface area contributed by atoms with Crippen molar-refractivity contribution in [2.45, 2.75) is 13.1 Å². The second kappa shape index (κ2) is 4.20. The third-order valence-corrected chi connectivity index (χ3v) is 2.52. The fourth-order valence-corrected chi connectivity index (χ4v) is 1.66. The number of nitrogens with zero attached hydrogens (tertiary/aromatic N) is 1. The van der Waals surface area contributed by atoms with E-state index in [1.165, 1.54) is 6.07 Å². The lowest BCUT2D eigenvalue weighted by Gasteiger charge is -2.10. The van der Waals surface area contributed by atoms with Gasteiger partial charge < -0.3 is 0 Å². The molecule has 0 bridgehead atoms. The normalized spacial score (nSPS) is 11.5. The molecule has 0 spiro atoms. The topological polar surface area (TPSA) is 12.9 Å². The summed E-state index contributed by atoms with van der Waals surface area (Å²) in [6.45, 7) is 1.82. The standard InChI is InChI=1S/C13H10F3N/c1-9-8-17-6-5-12(9)10-3-2-4-11(7-10)13(14,15)16/h2-8H,1H3. The van der Waals surface area contributed by atoms with Gasteiger partial charge >= 0.3 is 6.18 Å². The number of benzene rings is 1. The van der Waals surface area contributed by atoms with Gasteiger partial charge in [-0.25, -0.2) is 0 Å². The molecule has 2 rings (SSSR count). The maximum atomic E-state index is 12.6. The van der Waals surface area contributed by atoms with Crippen molar-refractivity contribution in [3.8, 4) is 11.1 Å². The van der Waals surface area contributed by atoms with E-state index in [0.717, 1.165) is 23.3 Å². The van der Waals surface area contributed by atoms with E-state index in [-0.39, 0.29) is 0 Å². The molecule has 0 N–H and O–H groups in total. The van der Waals surface area contributed by atoms with Crippen LogP contribution in [0.4, 0.5) is 13.2 Å². The van der Waals surface area contributed by atoms with Crippen LogP contribution in [0.15, 0.2) is 42.7 Å². The highest BCUT2D eigenvalue weighted by atomic mass is 19.4. The summed E-state index contributed by atoms with van der Waals surface area (Å²) in [5.41, 5.74) is 1.55. The van der Waals surface area contributed by atoms with Gasteiger partial charge in [0.25, 0.3) is 0 Å². The number of hydrogen-bond donors (Lipinski definition) is 0. The average molecular weight is 237 g/mol. The van der Waals surface area contributed by atoms with Gasteiger partial charge in [0.2, 0.25) is 0 Å². The number of pyridine rings is 1. The molecule has 0 unspecified atom stereocenters. The molecule has 88 valence electrons. The molecule has 17 heavy (non-hydrogen) atoms. The summed E-state index contributed by atoms with van der Waals surface area (Å²) in [6, 6.07) is 7.02. The van der Waals surface area contributed by atoms with Gasteiger partial charge in [0.05, 0.1) is 5.56 Å². The van der Waals surface area contributed by atoms with Crippen molar-refractivity contribution < 1.29 is 13.2 Å². The van der Waals surface area contributed by atoms with Crippen LogP contribution >= 0.6 is 0 Å². The zero-order chi connectivity index (χ0) is 12.5. The van der Waals surface area contributed by atoms with E-state index in [0.29, 0.717) is 5.56 Å². The molecule has 0 aliphatic heterocycles. The van der Waals surface area contributed by atoms with Crippen LogP contribution in [0.3, 0.4) is 0 Å².